The number of hydrogen-bond acceptors (Lipinski definition) is 8. The van der Waals surface area contributed by atoms with Crippen LogP contribution in [0.4, 0.5) is 11.5 Å². The molecule has 0 bridgehead atoms. The van der Waals surface area contributed by atoms with Crippen LogP contribution in [0.2, 0.25) is 0 Å². The number of carboxylic acid groups (broad SMARTS) is 1. The number of carboxylic acids is 1. The highest BCUT2D eigenvalue weighted by atomic mass is 31.2. The SMILES string of the molecule is CC1(C)Oc2ncnc(N)c2N=C1C1=CCC([C@H]2CC[C@H](OP(=O)(O)Cc3ccc(C(=O)O)cc3)CC2)C=C1. The normalized spacial score (nSPS) is 25.5. The van der Waals surface area contributed by atoms with Gasteiger partial charge in [0.25, 0.3) is 0 Å². The number of anilines is 1. The molecule has 4 N–H and O–H groups in total. The summed E-state index contributed by atoms with van der Waals surface area (Å²) in [7, 11) is -3.85. The molecule has 1 aliphatic heterocycles. The topological polar surface area (TPSA) is 157 Å². The average Bonchev–Trinajstić information content (AvgIpc) is 2.88. The molecule has 206 valence electrons. The predicted molar refractivity (Wildman–Crippen MR) is 147 cm³/mol. The summed E-state index contributed by atoms with van der Waals surface area (Å²) >= 11 is 0. The van der Waals surface area contributed by atoms with Crippen molar-refractivity contribution in [3.63, 3.8) is 0 Å². The summed E-state index contributed by atoms with van der Waals surface area (Å²) in [6.45, 7) is 3.92. The highest BCUT2D eigenvalue weighted by molar-refractivity contribution is 7.52. The number of rotatable bonds is 7. The lowest BCUT2D eigenvalue weighted by Crippen LogP contribution is -2.41. The maximum Gasteiger partial charge on any atom is 0.335 e. The maximum absolute atomic E-state index is 12.8. The Bertz CT molecular complexity index is 1390. The van der Waals surface area contributed by atoms with Crippen molar-refractivity contribution in [2.75, 3.05) is 5.73 Å². The molecule has 2 atom stereocenters. The average molecular weight is 553 g/mol. The van der Waals surface area contributed by atoms with Gasteiger partial charge in [-0.1, -0.05) is 30.4 Å². The van der Waals surface area contributed by atoms with E-state index in [4.69, 9.17) is 25.1 Å². The number of allylic oxidation sites excluding steroid dienone is 3. The van der Waals surface area contributed by atoms with Crippen LogP contribution in [0, 0.1) is 11.8 Å². The monoisotopic (exact) mass is 552 g/mol. The van der Waals surface area contributed by atoms with Gasteiger partial charge in [-0.2, -0.15) is 4.98 Å². The van der Waals surface area contributed by atoms with Crippen LogP contribution in [0.15, 0.2) is 59.4 Å². The Labute approximate surface area is 227 Å². The zero-order valence-corrected chi connectivity index (χ0v) is 22.9. The Morgan fingerprint density at radius 1 is 1.18 bits per heavy atom. The van der Waals surface area contributed by atoms with E-state index in [1.165, 1.54) is 18.5 Å². The summed E-state index contributed by atoms with van der Waals surface area (Å²) < 4.78 is 24.5. The molecule has 5 rings (SSSR count). The molecule has 0 spiro atoms. The second-order valence-corrected chi connectivity index (χ2v) is 12.6. The van der Waals surface area contributed by atoms with E-state index in [2.05, 4.69) is 28.2 Å². The lowest BCUT2D eigenvalue weighted by atomic mass is 9.75. The number of ether oxygens (including phenoxy) is 1. The number of carbonyl (C=O) groups is 1. The Morgan fingerprint density at radius 2 is 1.90 bits per heavy atom. The van der Waals surface area contributed by atoms with E-state index in [1.807, 2.05) is 13.8 Å². The van der Waals surface area contributed by atoms with Crippen molar-refractivity contribution in [1.82, 2.24) is 9.97 Å². The largest absolute Gasteiger partial charge is 0.478 e. The molecule has 2 aromatic rings. The molecule has 1 fully saturated rings. The third kappa shape index (κ3) is 6.13. The van der Waals surface area contributed by atoms with Crippen LogP contribution in [-0.2, 0) is 15.3 Å². The van der Waals surface area contributed by atoms with Crippen molar-refractivity contribution < 1.29 is 28.6 Å². The number of benzene rings is 1. The predicted octanol–water partition coefficient (Wildman–Crippen LogP) is 5.46. The highest BCUT2D eigenvalue weighted by Gasteiger charge is 2.37. The summed E-state index contributed by atoms with van der Waals surface area (Å²) in [5.41, 5.74) is 8.30. The first-order valence-corrected chi connectivity index (χ1v) is 14.9. The van der Waals surface area contributed by atoms with Crippen LogP contribution in [0.25, 0.3) is 0 Å². The van der Waals surface area contributed by atoms with Crippen molar-refractivity contribution in [3.05, 3.63) is 65.5 Å². The molecule has 1 saturated carbocycles. The third-order valence-corrected chi connectivity index (χ3v) is 8.98. The highest BCUT2D eigenvalue weighted by Crippen LogP contribution is 2.50. The molecular formula is C28H33N4O6P. The Balaban J connectivity index is 1.16. The molecule has 2 unspecified atom stereocenters. The van der Waals surface area contributed by atoms with Crippen molar-refractivity contribution in [2.45, 2.75) is 63.8 Å². The number of aliphatic imine (C=N–C) groups is 1. The molecule has 39 heavy (non-hydrogen) atoms. The Kier molecular flexibility index (Phi) is 7.46. The van der Waals surface area contributed by atoms with Crippen LogP contribution in [0.3, 0.4) is 0 Å². The van der Waals surface area contributed by atoms with E-state index in [-0.39, 0.29) is 23.6 Å². The fourth-order valence-electron chi connectivity index (χ4n) is 5.54. The van der Waals surface area contributed by atoms with E-state index >= 15 is 0 Å². The number of aromatic carboxylic acids is 1. The van der Waals surface area contributed by atoms with E-state index < -0.39 is 19.2 Å². The standard InChI is InChI=1S/C28H33N4O6P/c1-28(2)24(32-23-25(29)30-16-31-26(23)37-28)20-9-7-18(8-10-20)19-11-13-22(14-12-19)38-39(35,36)15-17-3-5-21(6-4-17)27(33)34/h3-7,9-10,16,18-19,22H,8,11-15H2,1-2H3,(H,33,34)(H,35,36)(H2,29,30,31)/t18?,19-,22-. The van der Waals surface area contributed by atoms with Crippen LogP contribution >= 0.6 is 7.60 Å². The van der Waals surface area contributed by atoms with Crippen LogP contribution in [0.5, 0.6) is 5.88 Å². The second-order valence-electron chi connectivity index (χ2n) is 10.8. The summed E-state index contributed by atoms with van der Waals surface area (Å²) in [6.07, 6.45) is 11.6. The summed E-state index contributed by atoms with van der Waals surface area (Å²) in [5, 5.41) is 9.02. The minimum Gasteiger partial charge on any atom is -0.478 e. The van der Waals surface area contributed by atoms with E-state index in [9.17, 15) is 14.3 Å². The molecular weight excluding hydrogens is 519 g/mol. The first kappa shape index (κ1) is 27.2. The Hall–Kier alpha value is -3.33. The number of hydrogen-bond donors (Lipinski definition) is 3. The molecule has 1 aromatic heterocycles. The summed E-state index contributed by atoms with van der Waals surface area (Å²) in [6, 6.07) is 5.96. The molecule has 0 amide bonds. The van der Waals surface area contributed by atoms with Gasteiger partial charge in [-0.15, -0.1) is 0 Å². The molecule has 10 nitrogen and oxygen atoms in total. The molecule has 11 heteroatoms. The van der Waals surface area contributed by atoms with E-state index in [0.717, 1.165) is 43.4 Å². The number of aromatic nitrogens is 2. The van der Waals surface area contributed by atoms with Crippen molar-refractivity contribution in [2.24, 2.45) is 16.8 Å². The number of nitrogens with zero attached hydrogens (tertiary/aromatic N) is 3. The van der Waals surface area contributed by atoms with Gasteiger partial charge in [-0.3, -0.25) is 4.57 Å². The lowest BCUT2D eigenvalue weighted by molar-refractivity contribution is 0.0696. The van der Waals surface area contributed by atoms with Gasteiger partial charge in [0.05, 0.1) is 23.5 Å². The van der Waals surface area contributed by atoms with Crippen molar-refractivity contribution in [3.8, 4) is 5.88 Å². The smallest absolute Gasteiger partial charge is 0.335 e. The lowest BCUT2D eigenvalue weighted by Gasteiger charge is -2.35. The van der Waals surface area contributed by atoms with Gasteiger partial charge in [0.2, 0.25) is 5.88 Å². The quantitative estimate of drug-likeness (QED) is 0.379. The molecule has 0 radical (unpaired) electrons. The van der Waals surface area contributed by atoms with Gasteiger partial charge in [-0.25, -0.2) is 14.8 Å². The zero-order chi connectivity index (χ0) is 27.8. The summed E-state index contributed by atoms with van der Waals surface area (Å²) in [5.74, 6) is 0.471. The number of nitrogen functional groups attached to an aromatic ring is 1. The van der Waals surface area contributed by atoms with Crippen LogP contribution in [-0.4, -0.2) is 43.4 Å². The van der Waals surface area contributed by atoms with Gasteiger partial charge in [-0.05, 0) is 81.1 Å². The number of nitrogens with two attached hydrogens (primary N) is 1. The number of fused-ring (bicyclic) bond motifs is 1. The van der Waals surface area contributed by atoms with Gasteiger partial charge in [0.15, 0.2) is 11.5 Å². The second kappa shape index (κ2) is 10.7. The first-order valence-electron chi connectivity index (χ1n) is 13.1. The van der Waals surface area contributed by atoms with Gasteiger partial charge < -0.3 is 25.0 Å². The van der Waals surface area contributed by atoms with E-state index in [1.54, 1.807) is 12.1 Å². The fourth-order valence-corrected chi connectivity index (χ4v) is 6.97. The van der Waals surface area contributed by atoms with Crippen molar-refractivity contribution in [1.29, 1.82) is 0 Å². The van der Waals surface area contributed by atoms with Crippen molar-refractivity contribution >= 4 is 30.8 Å². The van der Waals surface area contributed by atoms with Crippen LogP contribution in [0.1, 0.15) is 61.9 Å². The first-order chi connectivity index (χ1) is 18.5. The van der Waals surface area contributed by atoms with Gasteiger partial charge >= 0.3 is 13.6 Å². The minimum absolute atomic E-state index is 0.137. The van der Waals surface area contributed by atoms with Crippen LogP contribution < -0.4 is 10.5 Å². The third-order valence-electron chi connectivity index (χ3n) is 7.59. The molecule has 2 heterocycles. The zero-order valence-electron chi connectivity index (χ0n) is 22.0. The summed E-state index contributed by atoms with van der Waals surface area (Å²) in [4.78, 5) is 34.4. The Morgan fingerprint density at radius 3 is 2.54 bits per heavy atom. The molecule has 1 aromatic carbocycles. The fraction of sp³-hybridized carbons (Fsp3) is 0.429. The maximum atomic E-state index is 12.8. The van der Waals surface area contributed by atoms with Gasteiger partial charge in [0, 0.05) is 0 Å². The minimum atomic E-state index is -3.85. The molecule has 0 saturated heterocycles. The molecule has 3 aliphatic rings. The van der Waals surface area contributed by atoms with E-state index in [0.29, 0.717) is 29.0 Å². The molecule has 2 aliphatic carbocycles. The van der Waals surface area contributed by atoms with Gasteiger partial charge in [0.1, 0.15) is 11.9 Å².